The van der Waals surface area contributed by atoms with Crippen LogP contribution in [0.2, 0.25) is 0 Å². The summed E-state index contributed by atoms with van der Waals surface area (Å²) in [5.41, 5.74) is 1.03. The molecule has 0 aliphatic heterocycles. The zero-order valence-electron chi connectivity index (χ0n) is 22.5. The van der Waals surface area contributed by atoms with Crippen LogP contribution < -0.4 is 10.6 Å². The first-order valence-corrected chi connectivity index (χ1v) is 12.6. The molecule has 0 saturated carbocycles. The number of carbonyl (C=O) groups excluding carboxylic acids is 3. The molecule has 2 unspecified atom stereocenters. The van der Waals surface area contributed by atoms with Crippen molar-refractivity contribution in [1.82, 2.24) is 10.2 Å². The number of fused-ring (bicyclic) bond motifs is 1. The molecule has 39 heavy (non-hydrogen) atoms. The zero-order chi connectivity index (χ0) is 28.6. The van der Waals surface area contributed by atoms with Crippen LogP contribution in [0.3, 0.4) is 0 Å². The number of amides is 3. The summed E-state index contributed by atoms with van der Waals surface area (Å²) in [4.78, 5) is 41.2. The molecule has 0 bridgehead atoms. The summed E-state index contributed by atoms with van der Waals surface area (Å²) in [5, 5.41) is 17.3. The largest absolute Gasteiger partial charge is 0.444 e. The summed E-state index contributed by atoms with van der Waals surface area (Å²) >= 11 is 0. The van der Waals surface area contributed by atoms with Crippen molar-refractivity contribution in [3.8, 4) is 0 Å². The smallest absolute Gasteiger partial charge is 0.408 e. The van der Waals surface area contributed by atoms with Crippen molar-refractivity contribution in [3.63, 3.8) is 0 Å². The first kappa shape index (κ1) is 29.1. The van der Waals surface area contributed by atoms with E-state index in [1.54, 1.807) is 51.1 Å². The number of ether oxygens (including phenoxy) is 1. The summed E-state index contributed by atoms with van der Waals surface area (Å²) in [6, 6.07) is 17.9. The summed E-state index contributed by atoms with van der Waals surface area (Å²) in [6.45, 7) is 11.9. The molecule has 204 valence electrons. The SMILES string of the molecule is C=CCN(C(=O)C(CO)NC(=O)OC(C)(C)C)C(C(=O)Nc1ccc2ccccc2c1)c1cccc(C=C)c1. The van der Waals surface area contributed by atoms with Crippen molar-refractivity contribution >= 4 is 40.4 Å². The quantitative estimate of drug-likeness (QED) is 0.318. The molecular weight excluding hydrogens is 494 g/mol. The number of carbonyl (C=O) groups is 3. The molecule has 0 saturated heterocycles. The molecule has 8 heteroatoms. The van der Waals surface area contributed by atoms with Crippen LogP contribution in [0.1, 0.15) is 37.9 Å². The summed E-state index contributed by atoms with van der Waals surface area (Å²) < 4.78 is 5.25. The Bertz CT molecular complexity index is 1360. The number of rotatable bonds is 10. The Morgan fingerprint density at radius 1 is 1.00 bits per heavy atom. The lowest BCUT2D eigenvalue weighted by atomic mass is 10.00. The Morgan fingerprint density at radius 2 is 1.72 bits per heavy atom. The van der Waals surface area contributed by atoms with Crippen molar-refractivity contribution in [2.45, 2.75) is 38.5 Å². The highest BCUT2D eigenvalue weighted by Crippen LogP contribution is 2.27. The molecule has 0 fully saturated rings. The number of nitrogens with one attached hydrogen (secondary N) is 2. The third-order valence-corrected chi connectivity index (χ3v) is 5.82. The van der Waals surface area contributed by atoms with E-state index in [4.69, 9.17) is 4.74 Å². The van der Waals surface area contributed by atoms with Gasteiger partial charge in [-0.2, -0.15) is 0 Å². The van der Waals surface area contributed by atoms with Gasteiger partial charge in [0.2, 0.25) is 5.91 Å². The second-order valence-electron chi connectivity index (χ2n) is 9.99. The Kier molecular flexibility index (Phi) is 9.62. The monoisotopic (exact) mass is 529 g/mol. The van der Waals surface area contributed by atoms with Crippen LogP contribution >= 0.6 is 0 Å². The Labute approximate surface area is 229 Å². The highest BCUT2D eigenvalue weighted by molar-refractivity contribution is 6.00. The van der Waals surface area contributed by atoms with E-state index in [0.717, 1.165) is 16.3 Å². The van der Waals surface area contributed by atoms with E-state index in [9.17, 15) is 19.5 Å². The van der Waals surface area contributed by atoms with Gasteiger partial charge < -0.3 is 25.4 Å². The van der Waals surface area contributed by atoms with E-state index in [0.29, 0.717) is 11.3 Å². The number of aliphatic hydroxyl groups excluding tert-OH is 1. The number of hydrogen-bond donors (Lipinski definition) is 3. The second-order valence-corrected chi connectivity index (χ2v) is 9.99. The van der Waals surface area contributed by atoms with Gasteiger partial charge in [-0.15, -0.1) is 6.58 Å². The van der Waals surface area contributed by atoms with Crippen LogP contribution in [0, 0.1) is 0 Å². The maximum atomic E-state index is 13.9. The minimum atomic E-state index is -1.35. The van der Waals surface area contributed by atoms with E-state index in [2.05, 4.69) is 23.8 Å². The van der Waals surface area contributed by atoms with Gasteiger partial charge in [-0.1, -0.05) is 67.3 Å². The van der Waals surface area contributed by atoms with Crippen LogP contribution in [0.25, 0.3) is 16.8 Å². The molecular formula is C31H35N3O5. The average molecular weight is 530 g/mol. The molecule has 3 N–H and O–H groups in total. The van der Waals surface area contributed by atoms with Crippen molar-refractivity contribution in [2.24, 2.45) is 0 Å². The number of alkyl carbamates (subject to hydrolysis) is 1. The second kappa shape index (κ2) is 12.9. The van der Waals surface area contributed by atoms with E-state index in [1.165, 1.54) is 11.0 Å². The zero-order valence-corrected chi connectivity index (χ0v) is 22.5. The van der Waals surface area contributed by atoms with Gasteiger partial charge in [-0.25, -0.2) is 4.79 Å². The molecule has 0 aliphatic rings. The minimum absolute atomic E-state index is 0.0283. The Balaban J connectivity index is 1.99. The molecule has 0 heterocycles. The van der Waals surface area contributed by atoms with E-state index in [1.807, 2.05) is 42.5 Å². The van der Waals surface area contributed by atoms with Crippen LogP contribution in [0.5, 0.6) is 0 Å². The van der Waals surface area contributed by atoms with E-state index < -0.39 is 42.2 Å². The van der Waals surface area contributed by atoms with Gasteiger partial charge >= 0.3 is 6.09 Å². The fourth-order valence-electron chi connectivity index (χ4n) is 4.10. The lowest BCUT2D eigenvalue weighted by Gasteiger charge is -2.33. The predicted molar refractivity (Wildman–Crippen MR) is 154 cm³/mol. The highest BCUT2D eigenvalue weighted by Gasteiger charge is 2.35. The number of nitrogens with zero attached hydrogens (tertiary/aromatic N) is 1. The molecule has 0 radical (unpaired) electrons. The van der Waals surface area contributed by atoms with Crippen molar-refractivity contribution in [3.05, 3.63) is 97.1 Å². The maximum absolute atomic E-state index is 13.9. The first-order valence-electron chi connectivity index (χ1n) is 12.6. The van der Waals surface area contributed by atoms with Gasteiger partial charge in [0.25, 0.3) is 5.91 Å². The van der Waals surface area contributed by atoms with Crippen LogP contribution in [-0.2, 0) is 14.3 Å². The molecule has 3 aromatic carbocycles. The van der Waals surface area contributed by atoms with Gasteiger partial charge in [0.1, 0.15) is 17.7 Å². The summed E-state index contributed by atoms with van der Waals surface area (Å²) in [7, 11) is 0. The van der Waals surface area contributed by atoms with Crippen LogP contribution in [0.15, 0.2) is 86.0 Å². The maximum Gasteiger partial charge on any atom is 0.408 e. The summed E-state index contributed by atoms with van der Waals surface area (Å²) in [5.74, 6) is -1.15. The molecule has 0 spiro atoms. The Morgan fingerprint density at radius 3 is 2.36 bits per heavy atom. The molecule has 0 aromatic heterocycles. The molecule has 3 aromatic rings. The van der Waals surface area contributed by atoms with Crippen molar-refractivity contribution < 1.29 is 24.2 Å². The van der Waals surface area contributed by atoms with Gasteiger partial charge in [0, 0.05) is 12.2 Å². The fourth-order valence-corrected chi connectivity index (χ4v) is 4.10. The van der Waals surface area contributed by atoms with Gasteiger partial charge in [0.05, 0.1) is 6.61 Å². The van der Waals surface area contributed by atoms with Crippen LogP contribution in [-0.4, -0.2) is 52.7 Å². The molecule has 3 rings (SSSR count). The highest BCUT2D eigenvalue weighted by atomic mass is 16.6. The third-order valence-electron chi connectivity index (χ3n) is 5.82. The standard InChI is InChI=1S/C31H35N3O5/c1-6-17-34(29(37)26(20-35)33-30(38)39-31(3,4)5)27(24-14-10-11-21(7-2)18-24)28(36)32-25-16-15-22-12-8-9-13-23(22)19-25/h6-16,18-19,26-27,35H,1-2,17,20H2,3-5H3,(H,32,36)(H,33,38). The lowest BCUT2D eigenvalue weighted by molar-refractivity contribution is -0.140. The molecule has 2 atom stereocenters. The van der Waals surface area contributed by atoms with E-state index >= 15 is 0 Å². The van der Waals surface area contributed by atoms with Crippen molar-refractivity contribution in [1.29, 1.82) is 0 Å². The first-order chi connectivity index (χ1) is 18.6. The van der Waals surface area contributed by atoms with Crippen molar-refractivity contribution in [2.75, 3.05) is 18.5 Å². The van der Waals surface area contributed by atoms with Gasteiger partial charge in [0.15, 0.2) is 0 Å². The number of aliphatic hydroxyl groups is 1. The normalized spacial score (nSPS) is 12.6. The van der Waals surface area contributed by atoms with Gasteiger partial charge in [-0.05, 0) is 60.9 Å². The fraction of sp³-hybridized carbons (Fsp3) is 0.258. The number of anilines is 1. The topological polar surface area (TPSA) is 108 Å². The summed E-state index contributed by atoms with van der Waals surface area (Å²) in [6.07, 6.45) is 2.26. The third kappa shape index (κ3) is 7.78. The average Bonchev–Trinajstić information content (AvgIpc) is 2.90. The number of benzene rings is 3. The molecule has 8 nitrogen and oxygen atoms in total. The molecule has 0 aliphatic carbocycles. The minimum Gasteiger partial charge on any atom is -0.444 e. The number of hydrogen-bond acceptors (Lipinski definition) is 5. The molecule has 3 amide bonds. The van der Waals surface area contributed by atoms with Gasteiger partial charge in [-0.3, -0.25) is 9.59 Å². The van der Waals surface area contributed by atoms with E-state index in [-0.39, 0.29) is 6.54 Å². The lowest BCUT2D eigenvalue weighted by Crippen LogP contribution is -2.53. The Hall–Kier alpha value is -4.43. The van der Waals surface area contributed by atoms with Crippen LogP contribution in [0.4, 0.5) is 10.5 Å². The predicted octanol–water partition coefficient (Wildman–Crippen LogP) is 5.06.